The van der Waals surface area contributed by atoms with Gasteiger partial charge in [0.15, 0.2) is 17.6 Å². The maximum absolute atomic E-state index is 9.15. The first-order valence-corrected chi connectivity index (χ1v) is 3.32. The van der Waals surface area contributed by atoms with Crippen LogP contribution in [0, 0.1) is 0 Å². The molecule has 2 atom stereocenters. The molecule has 0 saturated carbocycles. The van der Waals surface area contributed by atoms with Crippen LogP contribution < -0.4 is 0 Å². The van der Waals surface area contributed by atoms with Crippen molar-refractivity contribution in [2.45, 2.75) is 12.5 Å². The van der Waals surface area contributed by atoms with E-state index in [4.69, 9.17) is 22.4 Å². The molecule has 0 aromatic heterocycles. The number of nitrogens with zero attached hydrogens (tertiary/aromatic N) is 2. The monoisotopic (exact) mass is 162 g/mol. The van der Waals surface area contributed by atoms with E-state index in [2.05, 4.69) is 0 Å². The number of thiocarbonyl (C=S) groups is 1. The summed E-state index contributed by atoms with van der Waals surface area (Å²) in [6.45, 7) is 0. The van der Waals surface area contributed by atoms with Crippen molar-refractivity contribution in [3.63, 3.8) is 0 Å². The van der Waals surface area contributed by atoms with Crippen molar-refractivity contribution in [1.82, 2.24) is 9.80 Å². The highest BCUT2D eigenvalue weighted by Gasteiger charge is 2.36. The van der Waals surface area contributed by atoms with Gasteiger partial charge in [0, 0.05) is 14.1 Å². The van der Waals surface area contributed by atoms with Crippen LogP contribution >= 0.6 is 12.2 Å². The summed E-state index contributed by atoms with van der Waals surface area (Å²) >= 11 is 4.85. The van der Waals surface area contributed by atoms with Gasteiger partial charge in [0.25, 0.3) is 0 Å². The second kappa shape index (κ2) is 2.34. The predicted molar refractivity (Wildman–Crippen MR) is 40.1 cm³/mol. The lowest BCUT2D eigenvalue weighted by atomic mass is 10.5. The molecule has 2 unspecified atom stereocenters. The predicted octanol–water partition coefficient (Wildman–Crippen LogP) is -1.21. The van der Waals surface area contributed by atoms with E-state index < -0.39 is 12.5 Å². The van der Waals surface area contributed by atoms with E-state index in [9.17, 15) is 0 Å². The van der Waals surface area contributed by atoms with Crippen LogP contribution in [0.1, 0.15) is 0 Å². The Morgan fingerprint density at radius 1 is 1.20 bits per heavy atom. The molecule has 0 spiro atoms. The second-order valence-corrected chi connectivity index (χ2v) is 2.70. The molecule has 4 nitrogen and oxygen atoms in total. The molecule has 5 heteroatoms. The molecule has 58 valence electrons. The Kier molecular flexibility index (Phi) is 1.80. The second-order valence-electron chi connectivity index (χ2n) is 2.33. The zero-order valence-corrected chi connectivity index (χ0v) is 6.67. The Labute approximate surface area is 64.7 Å². The van der Waals surface area contributed by atoms with Crippen molar-refractivity contribution < 1.29 is 10.2 Å². The van der Waals surface area contributed by atoms with Gasteiger partial charge < -0.3 is 20.0 Å². The zero-order chi connectivity index (χ0) is 7.89. The molecule has 1 rings (SSSR count). The van der Waals surface area contributed by atoms with Crippen LogP contribution in [-0.2, 0) is 0 Å². The Hall–Kier alpha value is -0.390. The molecule has 1 saturated heterocycles. The van der Waals surface area contributed by atoms with Crippen LogP contribution in [0.25, 0.3) is 0 Å². The average Bonchev–Trinajstić information content (AvgIpc) is 2.07. The fourth-order valence-corrected chi connectivity index (χ4v) is 1.09. The van der Waals surface area contributed by atoms with Gasteiger partial charge in [-0.1, -0.05) is 0 Å². The molecule has 1 aliphatic rings. The van der Waals surface area contributed by atoms with Crippen LogP contribution in [0.4, 0.5) is 0 Å². The van der Waals surface area contributed by atoms with Gasteiger partial charge in [0.2, 0.25) is 0 Å². The van der Waals surface area contributed by atoms with E-state index in [1.54, 1.807) is 14.1 Å². The van der Waals surface area contributed by atoms with Gasteiger partial charge in [0.05, 0.1) is 0 Å². The largest absolute Gasteiger partial charge is 0.369 e. The first-order valence-electron chi connectivity index (χ1n) is 2.91. The molecule has 2 N–H and O–H groups in total. The molecule has 1 aliphatic heterocycles. The average molecular weight is 162 g/mol. The fraction of sp³-hybridized carbons (Fsp3) is 0.800. The number of aliphatic hydroxyl groups is 2. The minimum atomic E-state index is -0.891. The summed E-state index contributed by atoms with van der Waals surface area (Å²) in [5.41, 5.74) is 0. The summed E-state index contributed by atoms with van der Waals surface area (Å²) in [6.07, 6.45) is -1.78. The molecule has 0 radical (unpaired) electrons. The summed E-state index contributed by atoms with van der Waals surface area (Å²) in [5, 5.41) is 18.8. The van der Waals surface area contributed by atoms with Crippen molar-refractivity contribution >= 4 is 17.3 Å². The van der Waals surface area contributed by atoms with E-state index >= 15 is 0 Å². The van der Waals surface area contributed by atoms with Gasteiger partial charge >= 0.3 is 0 Å². The van der Waals surface area contributed by atoms with Gasteiger partial charge in [-0.05, 0) is 12.2 Å². The first kappa shape index (κ1) is 7.71. The molecule has 0 aromatic carbocycles. The maximum Gasteiger partial charge on any atom is 0.175 e. The van der Waals surface area contributed by atoms with Gasteiger partial charge in [-0.15, -0.1) is 0 Å². The molecule has 0 aliphatic carbocycles. The Balaban J connectivity index is 2.78. The third-order valence-electron chi connectivity index (χ3n) is 1.66. The highest BCUT2D eigenvalue weighted by molar-refractivity contribution is 7.80. The SMILES string of the molecule is CN1C(=S)N(C)C(O)C1O. The van der Waals surface area contributed by atoms with Gasteiger partial charge in [-0.25, -0.2) is 0 Å². The lowest BCUT2D eigenvalue weighted by Crippen LogP contribution is -2.34. The van der Waals surface area contributed by atoms with E-state index in [0.29, 0.717) is 5.11 Å². The molecule has 0 amide bonds. The van der Waals surface area contributed by atoms with Crippen molar-refractivity contribution in [1.29, 1.82) is 0 Å². The van der Waals surface area contributed by atoms with Crippen molar-refractivity contribution in [3.05, 3.63) is 0 Å². The van der Waals surface area contributed by atoms with Gasteiger partial charge in [0.1, 0.15) is 0 Å². The molecule has 0 aromatic rings. The molecule has 0 bridgehead atoms. The molecule has 1 heterocycles. The normalized spacial score (nSPS) is 33.8. The Morgan fingerprint density at radius 2 is 1.50 bits per heavy atom. The van der Waals surface area contributed by atoms with Crippen LogP contribution in [0.5, 0.6) is 0 Å². The summed E-state index contributed by atoms with van der Waals surface area (Å²) < 4.78 is 0. The minimum Gasteiger partial charge on any atom is -0.369 e. The molecule has 10 heavy (non-hydrogen) atoms. The Morgan fingerprint density at radius 3 is 1.60 bits per heavy atom. The lowest BCUT2D eigenvalue weighted by molar-refractivity contribution is -0.0550. The standard InChI is InChI=1S/C5H10N2O2S/c1-6-3(8)4(9)7(2)5(6)10/h3-4,8-9H,1-2H3. The summed E-state index contributed by atoms with van der Waals surface area (Å²) in [6, 6.07) is 0. The maximum atomic E-state index is 9.15. The van der Waals surface area contributed by atoms with E-state index in [1.807, 2.05) is 0 Å². The topological polar surface area (TPSA) is 46.9 Å². The number of rotatable bonds is 0. The first-order chi connectivity index (χ1) is 4.55. The van der Waals surface area contributed by atoms with Crippen LogP contribution in [0.3, 0.4) is 0 Å². The van der Waals surface area contributed by atoms with Crippen molar-refractivity contribution in [3.8, 4) is 0 Å². The highest BCUT2D eigenvalue weighted by atomic mass is 32.1. The molecular formula is C5H10N2O2S. The van der Waals surface area contributed by atoms with Crippen LogP contribution in [-0.4, -0.2) is 51.7 Å². The third kappa shape index (κ3) is 0.865. The van der Waals surface area contributed by atoms with E-state index in [0.717, 1.165) is 0 Å². The smallest absolute Gasteiger partial charge is 0.175 e. The van der Waals surface area contributed by atoms with Crippen LogP contribution in [0.15, 0.2) is 0 Å². The zero-order valence-electron chi connectivity index (χ0n) is 5.85. The minimum absolute atomic E-state index is 0.458. The Bertz CT molecular complexity index is 148. The fourth-order valence-electron chi connectivity index (χ4n) is 0.875. The summed E-state index contributed by atoms with van der Waals surface area (Å²) in [4.78, 5) is 2.89. The van der Waals surface area contributed by atoms with Crippen LogP contribution in [0.2, 0.25) is 0 Å². The quantitative estimate of drug-likeness (QED) is 0.437. The van der Waals surface area contributed by atoms with E-state index in [1.165, 1.54) is 9.80 Å². The highest BCUT2D eigenvalue weighted by Crippen LogP contribution is 2.15. The van der Waals surface area contributed by atoms with E-state index in [-0.39, 0.29) is 0 Å². The number of hydrogen-bond acceptors (Lipinski definition) is 3. The molecule has 1 fully saturated rings. The van der Waals surface area contributed by atoms with Crippen molar-refractivity contribution in [2.24, 2.45) is 0 Å². The van der Waals surface area contributed by atoms with Crippen molar-refractivity contribution in [2.75, 3.05) is 14.1 Å². The third-order valence-corrected chi connectivity index (χ3v) is 2.24. The molecular weight excluding hydrogens is 152 g/mol. The number of hydrogen-bond donors (Lipinski definition) is 2. The summed E-state index contributed by atoms with van der Waals surface area (Å²) in [5.74, 6) is 0. The van der Waals surface area contributed by atoms with Gasteiger partial charge in [-0.3, -0.25) is 0 Å². The lowest BCUT2D eigenvalue weighted by Gasteiger charge is -2.13. The summed E-state index contributed by atoms with van der Waals surface area (Å²) in [7, 11) is 3.28. The van der Waals surface area contributed by atoms with Gasteiger partial charge in [-0.2, -0.15) is 0 Å². The number of aliphatic hydroxyl groups excluding tert-OH is 2. The number of likely N-dealkylation sites (N-methyl/N-ethyl adjacent to an activating group) is 2.